The highest BCUT2D eigenvalue weighted by Gasteiger charge is 2.17. The molecule has 0 bridgehead atoms. The van der Waals surface area contributed by atoms with E-state index in [1.165, 1.54) is 0 Å². The Kier molecular flexibility index (Phi) is 6.08. The summed E-state index contributed by atoms with van der Waals surface area (Å²) in [5.74, 6) is 0.961. The first kappa shape index (κ1) is 14.1. The number of carbonyl (C=O) groups is 1. The van der Waals surface area contributed by atoms with Crippen LogP contribution >= 0.6 is 11.8 Å². The van der Waals surface area contributed by atoms with E-state index >= 15 is 0 Å². The Labute approximate surface area is 107 Å². The molecule has 94 valence electrons. The van der Waals surface area contributed by atoms with Crippen LogP contribution in [0.2, 0.25) is 0 Å². The maximum atomic E-state index is 11.9. The molecule has 0 heterocycles. The minimum atomic E-state index is -0.441. The van der Waals surface area contributed by atoms with E-state index in [0.717, 1.165) is 17.9 Å². The Hall–Kier alpha value is -1.00. The number of nitrogens with two attached hydrogens (primary N) is 1. The lowest BCUT2D eigenvalue weighted by Gasteiger charge is -2.21. The van der Waals surface area contributed by atoms with Crippen LogP contribution < -0.4 is 5.73 Å². The van der Waals surface area contributed by atoms with Gasteiger partial charge in [-0.2, -0.15) is 11.8 Å². The summed E-state index contributed by atoms with van der Waals surface area (Å²) < 4.78 is 0. The first-order valence-corrected chi connectivity index (χ1v) is 7.08. The van der Waals surface area contributed by atoms with Crippen LogP contribution in [0.25, 0.3) is 0 Å². The molecule has 0 aromatic heterocycles. The van der Waals surface area contributed by atoms with Crippen LogP contribution in [0.3, 0.4) is 0 Å². The Morgan fingerprint density at radius 1 is 1.41 bits per heavy atom. The van der Waals surface area contributed by atoms with E-state index in [1.54, 1.807) is 16.7 Å². The number of benzene rings is 1. The fourth-order valence-electron chi connectivity index (χ4n) is 1.58. The number of amides is 1. The molecule has 1 unspecified atom stereocenters. The van der Waals surface area contributed by atoms with E-state index in [-0.39, 0.29) is 5.91 Å². The molecule has 0 fully saturated rings. The second kappa shape index (κ2) is 7.35. The number of nitrogens with zero attached hydrogens (tertiary/aromatic N) is 1. The van der Waals surface area contributed by atoms with Crippen LogP contribution in [-0.4, -0.2) is 42.4 Å². The molecule has 2 N–H and O–H groups in total. The molecule has 4 heteroatoms. The fraction of sp³-hybridized carbons (Fsp3) is 0.462. The summed E-state index contributed by atoms with van der Waals surface area (Å²) in [6.07, 6.45) is 2.63. The Bertz CT molecular complexity index is 343. The van der Waals surface area contributed by atoms with Crippen LogP contribution in [0.5, 0.6) is 0 Å². The van der Waals surface area contributed by atoms with Gasteiger partial charge in [0.05, 0.1) is 6.04 Å². The van der Waals surface area contributed by atoms with E-state index in [0.29, 0.717) is 6.42 Å². The van der Waals surface area contributed by atoms with E-state index in [9.17, 15) is 4.79 Å². The lowest BCUT2D eigenvalue weighted by Crippen LogP contribution is -2.43. The van der Waals surface area contributed by atoms with Gasteiger partial charge in [0.25, 0.3) is 0 Å². The van der Waals surface area contributed by atoms with Gasteiger partial charge in [-0.3, -0.25) is 4.79 Å². The molecule has 0 spiro atoms. The summed E-state index contributed by atoms with van der Waals surface area (Å²) in [5.41, 5.74) is 7.03. The first-order chi connectivity index (χ1) is 8.15. The average Bonchev–Trinajstić information content (AvgIpc) is 2.36. The molecule has 0 aliphatic heterocycles. The standard InChI is InChI=1S/C13H20N2OS/c1-15(8-9-17-2)13(16)12(14)10-11-6-4-3-5-7-11/h3-7,12H,8-10,14H2,1-2H3. The lowest BCUT2D eigenvalue weighted by molar-refractivity contribution is -0.131. The molecule has 0 saturated carbocycles. The normalized spacial score (nSPS) is 12.2. The molecular weight excluding hydrogens is 232 g/mol. The van der Waals surface area contributed by atoms with Crippen molar-refractivity contribution in [2.24, 2.45) is 5.73 Å². The monoisotopic (exact) mass is 252 g/mol. The zero-order valence-corrected chi connectivity index (χ0v) is 11.2. The number of thioether (sulfide) groups is 1. The number of carbonyl (C=O) groups excluding carboxylic acids is 1. The highest BCUT2D eigenvalue weighted by molar-refractivity contribution is 7.98. The van der Waals surface area contributed by atoms with Crippen molar-refractivity contribution in [3.05, 3.63) is 35.9 Å². The van der Waals surface area contributed by atoms with Crippen LogP contribution in [0, 0.1) is 0 Å². The van der Waals surface area contributed by atoms with Gasteiger partial charge in [-0.15, -0.1) is 0 Å². The smallest absolute Gasteiger partial charge is 0.239 e. The quantitative estimate of drug-likeness (QED) is 0.832. The van der Waals surface area contributed by atoms with Gasteiger partial charge in [0, 0.05) is 19.3 Å². The largest absolute Gasteiger partial charge is 0.344 e. The van der Waals surface area contributed by atoms with Gasteiger partial charge in [-0.25, -0.2) is 0 Å². The molecule has 1 rings (SSSR count). The van der Waals surface area contributed by atoms with Gasteiger partial charge >= 0.3 is 0 Å². The number of rotatable bonds is 6. The molecule has 1 amide bonds. The summed E-state index contributed by atoms with van der Waals surface area (Å²) in [7, 11) is 1.81. The second-order valence-corrected chi connectivity index (χ2v) is 5.03. The van der Waals surface area contributed by atoms with Crippen LogP contribution in [0.15, 0.2) is 30.3 Å². The summed E-state index contributed by atoms with van der Waals surface area (Å²) in [4.78, 5) is 13.7. The second-order valence-electron chi connectivity index (χ2n) is 4.05. The van der Waals surface area contributed by atoms with Crippen molar-refractivity contribution in [1.29, 1.82) is 0 Å². The van der Waals surface area contributed by atoms with Crippen LogP contribution in [-0.2, 0) is 11.2 Å². The summed E-state index contributed by atoms with van der Waals surface area (Å²) in [6.45, 7) is 0.752. The molecule has 3 nitrogen and oxygen atoms in total. The van der Waals surface area contributed by atoms with Crippen molar-refractivity contribution in [1.82, 2.24) is 4.90 Å². The van der Waals surface area contributed by atoms with E-state index < -0.39 is 6.04 Å². The summed E-state index contributed by atoms with van der Waals surface area (Å²) >= 11 is 1.73. The zero-order chi connectivity index (χ0) is 12.7. The average molecular weight is 252 g/mol. The Morgan fingerprint density at radius 3 is 2.65 bits per heavy atom. The summed E-state index contributed by atoms with van der Waals surface area (Å²) in [6, 6.07) is 9.43. The van der Waals surface area contributed by atoms with E-state index in [4.69, 9.17) is 5.73 Å². The maximum Gasteiger partial charge on any atom is 0.239 e. The van der Waals surface area contributed by atoms with Gasteiger partial charge in [-0.05, 0) is 18.2 Å². The topological polar surface area (TPSA) is 46.3 Å². The van der Waals surface area contributed by atoms with E-state index in [1.807, 2.05) is 43.6 Å². The molecule has 17 heavy (non-hydrogen) atoms. The van der Waals surface area contributed by atoms with Crippen molar-refractivity contribution < 1.29 is 4.79 Å². The highest BCUT2D eigenvalue weighted by Crippen LogP contribution is 2.04. The molecule has 0 aliphatic carbocycles. The molecular formula is C13H20N2OS. The SMILES string of the molecule is CSCCN(C)C(=O)C(N)Cc1ccccc1. The maximum absolute atomic E-state index is 11.9. The fourth-order valence-corrected chi connectivity index (χ4v) is 2.03. The number of hydrogen-bond donors (Lipinski definition) is 1. The van der Waals surface area contributed by atoms with E-state index in [2.05, 4.69) is 0 Å². The van der Waals surface area contributed by atoms with Gasteiger partial charge in [0.15, 0.2) is 0 Å². The Balaban J connectivity index is 2.47. The highest BCUT2D eigenvalue weighted by atomic mass is 32.2. The van der Waals surface area contributed by atoms with Crippen molar-refractivity contribution >= 4 is 17.7 Å². The molecule has 0 aliphatic rings. The van der Waals surface area contributed by atoms with Gasteiger partial charge < -0.3 is 10.6 Å². The van der Waals surface area contributed by atoms with Gasteiger partial charge in [0.2, 0.25) is 5.91 Å². The zero-order valence-electron chi connectivity index (χ0n) is 10.4. The van der Waals surface area contributed by atoms with Gasteiger partial charge in [0.1, 0.15) is 0 Å². The van der Waals surface area contributed by atoms with Crippen molar-refractivity contribution in [3.8, 4) is 0 Å². The molecule has 1 aromatic rings. The predicted octanol–water partition coefficient (Wildman–Crippen LogP) is 1.38. The van der Waals surface area contributed by atoms with Crippen molar-refractivity contribution in [2.75, 3.05) is 25.6 Å². The molecule has 0 saturated heterocycles. The third-order valence-corrected chi connectivity index (χ3v) is 3.21. The summed E-state index contributed by atoms with van der Waals surface area (Å²) in [5, 5.41) is 0. The van der Waals surface area contributed by atoms with Crippen molar-refractivity contribution in [3.63, 3.8) is 0 Å². The molecule has 1 atom stereocenters. The van der Waals surface area contributed by atoms with Crippen LogP contribution in [0.1, 0.15) is 5.56 Å². The third kappa shape index (κ3) is 4.79. The molecule has 0 radical (unpaired) electrons. The number of likely N-dealkylation sites (N-methyl/N-ethyl adjacent to an activating group) is 1. The third-order valence-electron chi connectivity index (χ3n) is 2.62. The number of hydrogen-bond acceptors (Lipinski definition) is 3. The van der Waals surface area contributed by atoms with Gasteiger partial charge in [-0.1, -0.05) is 30.3 Å². The minimum Gasteiger partial charge on any atom is -0.344 e. The van der Waals surface area contributed by atoms with Crippen LogP contribution in [0.4, 0.5) is 0 Å². The first-order valence-electron chi connectivity index (χ1n) is 5.68. The molecule has 1 aromatic carbocycles. The minimum absolute atomic E-state index is 0.0166. The van der Waals surface area contributed by atoms with Crippen molar-refractivity contribution in [2.45, 2.75) is 12.5 Å². The lowest BCUT2D eigenvalue weighted by atomic mass is 10.1. The Morgan fingerprint density at radius 2 is 2.06 bits per heavy atom. The predicted molar refractivity (Wildman–Crippen MR) is 74.1 cm³/mol.